The molecule has 1 amide bonds. The molecule has 2 atom stereocenters. The van der Waals surface area contributed by atoms with Crippen LogP contribution in [0.2, 0.25) is 0 Å². The largest absolute Gasteiger partial charge is 0.466 e. The van der Waals surface area contributed by atoms with Gasteiger partial charge >= 0.3 is 18.0 Å². The summed E-state index contributed by atoms with van der Waals surface area (Å²) in [5.74, 6) is -2.68. The van der Waals surface area contributed by atoms with Crippen LogP contribution in [0, 0.1) is 11.3 Å². The van der Waals surface area contributed by atoms with Gasteiger partial charge in [-0.15, -0.1) is 0 Å². The highest BCUT2D eigenvalue weighted by molar-refractivity contribution is 6.06. The minimum Gasteiger partial charge on any atom is -0.466 e. The predicted molar refractivity (Wildman–Crippen MR) is 144 cm³/mol. The minimum atomic E-state index is -0.968. The first-order chi connectivity index (χ1) is 18.4. The third-order valence-corrected chi connectivity index (χ3v) is 5.97. The summed E-state index contributed by atoms with van der Waals surface area (Å²) in [6.07, 6.45) is -0.599. The molecule has 39 heavy (non-hydrogen) atoms. The Morgan fingerprint density at radius 1 is 1.03 bits per heavy atom. The smallest absolute Gasteiger partial charge is 0.408 e. The third kappa shape index (κ3) is 6.21. The van der Waals surface area contributed by atoms with Crippen molar-refractivity contribution in [2.24, 2.45) is 5.73 Å². The highest BCUT2D eigenvalue weighted by Crippen LogP contribution is 2.43. The standard InChI is InChI=1S/C29H32N4O6/c1-17(32-28(36)39-29(2,3)4)19-13-10-14-20(15-19)33-24(27(35)38-6)23(26(34)37-5)22(21(16-30)25(33)31)18-11-8-7-9-12-18/h7-15,17,22H,31H2,1-6H3,(H,32,36). The first-order valence-electron chi connectivity index (χ1n) is 12.2. The number of nitrogens with zero attached hydrogens (tertiary/aromatic N) is 2. The van der Waals surface area contributed by atoms with Crippen molar-refractivity contribution in [3.05, 3.63) is 88.4 Å². The number of hydrogen-bond acceptors (Lipinski definition) is 9. The fourth-order valence-corrected chi connectivity index (χ4v) is 4.28. The number of anilines is 1. The van der Waals surface area contributed by atoms with Crippen LogP contribution in [0.25, 0.3) is 0 Å². The molecule has 3 N–H and O–H groups in total. The number of amides is 1. The van der Waals surface area contributed by atoms with Crippen molar-refractivity contribution in [3.63, 3.8) is 0 Å². The van der Waals surface area contributed by atoms with E-state index in [4.69, 9.17) is 19.9 Å². The summed E-state index contributed by atoms with van der Waals surface area (Å²) in [7, 11) is 2.37. The van der Waals surface area contributed by atoms with Gasteiger partial charge in [0.15, 0.2) is 0 Å². The van der Waals surface area contributed by atoms with Crippen LogP contribution in [0.1, 0.15) is 50.8 Å². The van der Waals surface area contributed by atoms with Gasteiger partial charge in [0.05, 0.1) is 43.4 Å². The van der Waals surface area contributed by atoms with Crippen molar-refractivity contribution in [2.45, 2.75) is 45.3 Å². The molecule has 2 aromatic rings. The van der Waals surface area contributed by atoms with E-state index in [1.807, 2.05) is 0 Å². The summed E-state index contributed by atoms with van der Waals surface area (Å²) < 4.78 is 15.5. The maximum atomic E-state index is 13.2. The summed E-state index contributed by atoms with van der Waals surface area (Å²) in [4.78, 5) is 40.1. The predicted octanol–water partition coefficient (Wildman–Crippen LogP) is 4.17. The molecule has 0 fully saturated rings. The number of allylic oxidation sites excluding steroid dienone is 1. The van der Waals surface area contributed by atoms with Gasteiger partial charge in [-0.2, -0.15) is 5.26 Å². The number of rotatable bonds is 6. The zero-order chi connectivity index (χ0) is 28.9. The van der Waals surface area contributed by atoms with E-state index in [2.05, 4.69) is 11.4 Å². The first kappa shape index (κ1) is 28.8. The normalized spacial score (nSPS) is 16.2. The van der Waals surface area contributed by atoms with Crippen molar-refractivity contribution < 1.29 is 28.6 Å². The number of ether oxygens (including phenoxy) is 3. The second-order valence-electron chi connectivity index (χ2n) is 9.80. The fourth-order valence-electron chi connectivity index (χ4n) is 4.28. The van der Waals surface area contributed by atoms with E-state index in [1.54, 1.807) is 82.3 Å². The monoisotopic (exact) mass is 532 g/mol. The van der Waals surface area contributed by atoms with Crippen molar-refractivity contribution >= 4 is 23.7 Å². The number of nitrogens with one attached hydrogen (secondary N) is 1. The van der Waals surface area contributed by atoms with Gasteiger partial charge in [-0.3, -0.25) is 4.90 Å². The lowest BCUT2D eigenvalue weighted by Gasteiger charge is -2.36. The van der Waals surface area contributed by atoms with Gasteiger partial charge in [0.2, 0.25) is 0 Å². The van der Waals surface area contributed by atoms with E-state index >= 15 is 0 Å². The molecule has 2 aromatic carbocycles. The van der Waals surface area contributed by atoms with Crippen LogP contribution in [0.15, 0.2) is 77.3 Å². The van der Waals surface area contributed by atoms with E-state index in [1.165, 1.54) is 19.1 Å². The van der Waals surface area contributed by atoms with Gasteiger partial charge in [-0.25, -0.2) is 14.4 Å². The number of nitriles is 1. The van der Waals surface area contributed by atoms with Crippen molar-refractivity contribution in [3.8, 4) is 6.07 Å². The van der Waals surface area contributed by atoms with Crippen LogP contribution < -0.4 is 16.0 Å². The quantitative estimate of drug-likeness (QED) is 0.414. The van der Waals surface area contributed by atoms with Crippen molar-refractivity contribution in [1.29, 1.82) is 5.26 Å². The number of hydrogen-bond donors (Lipinski definition) is 2. The number of carbonyl (C=O) groups excluding carboxylic acids is 3. The van der Waals surface area contributed by atoms with Gasteiger partial charge in [-0.05, 0) is 51.0 Å². The third-order valence-electron chi connectivity index (χ3n) is 5.97. The fraction of sp³-hybridized carbons (Fsp3) is 0.310. The number of alkyl carbamates (subject to hydrolysis) is 1. The number of esters is 2. The Hall–Kier alpha value is -4.78. The van der Waals surface area contributed by atoms with Crippen LogP contribution in [0.5, 0.6) is 0 Å². The lowest BCUT2D eigenvalue weighted by molar-refractivity contribution is -0.139. The molecule has 10 heteroatoms. The number of carbonyl (C=O) groups is 3. The maximum Gasteiger partial charge on any atom is 0.408 e. The van der Waals surface area contributed by atoms with Crippen LogP contribution in [0.4, 0.5) is 10.5 Å². The Morgan fingerprint density at radius 3 is 2.23 bits per heavy atom. The van der Waals surface area contributed by atoms with E-state index < -0.39 is 35.6 Å². The molecule has 204 valence electrons. The van der Waals surface area contributed by atoms with Gasteiger partial charge < -0.3 is 25.3 Å². The highest BCUT2D eigenvalue weighted by Gasteiger charge is 2.43. The van der Waals surface area contributed by atoms with Crippen LogP contribution in [-0.2, 0) is 23.8 Å². The summed E-state index contributed by atoms with van der Waals surface area (Å²) >= 11 is 0. The first-order valence-corrected chi connectivity index (χ1v) is 12.2. The molecule has 2 unspecified atom stereocenters. The lowest BCUT2D eigenvalue weighted by Crippen LogP contribution is -2.40. The number of benzene rings is 2. The second-order valence-corrected chi connectivity index (χ2v) is 9.80. The maximum absolute atomic E-state index is 13.2. The Bertz CT molecular complexity index is 1370. The molecule has 0 radical (unpaired) electrons. The summed E-state index contributed by atoms with van der Waals surface area (Å²) in [5.41, 5.74) is 7.25. The van der Waals surface area contributed by atoms with E-state index in [0.29, 0.717) is 16.8 Å². The lowest BCUT2D eigenvalue weighted by atomic mass is 9.81. The zero-order valence-electron chi connectivity index (χ0n) is 22.8. The van der Waals surface area contributed by atoms with Crippen LogP contribution in [-0.4, -0.2) is 37.9 Å². The SMILES string of the molecule is COC(=O)C1=C(C(=O)OC)N(c2cccc(C(C)NC(=O)OC(C)(C)C)c2)C(N)=C(C#N)C1c1ccccc1. The summed E-state index contributed by atoms with van der Waals surface area (Å²) in [5, 5.41) is 13.0. The average molecular weight is 533 g/mol. The molecular formula is C29H32N4O6. The molecule has 0 saturated heterocycles. The van der Waals surface area contributed by atoms with Crippen LogP contribution in [0.3, 0.4) is 0 Å². The van der Waals surface area contributed by atoms with Gasteiger partial charge in [0.1, 0.15) is 17.1 Å². The molecule has 1 aliphatic rings. The molecule has 0 aliphatic carbocycles. The number of methoxy groups -OCH3 is 2. The van der Waals surface area contributed by atoms with Crippen molar-refractivity contribution in [1.82, 2.24) is 5.32 Å². The van der Waals surface area contributed by atoms with Gasteiger partial charge in [0, 0.05) is 5.69 Å². The molecule has 0 saturated carbocycles. The number of nitrogens with two attached hydrogens (primary N) is 1. The Balaban J connectivity index is 2.20. The molecule has 3 rings (SSSR count). The Kier molecular flexibility index (Phi) is 8.66. The molecular weight excluding hydrogens is 500 g/mol. The topological polar surface area (TPSA) is 144 Å². The molecule has 0 bridgehead atoms. The average Bonchev–Trinajstić information content (AvgIpc) is 2.90. The minimum absolute atomic E-state index is 0.0516. The van der Waals surface area contributed by atoms with Crippen LogP contribution >= 0.6 is 0 Å². The Morgan fingerprint density at radius 2 is 1.67 bits per heavy atom. The highest BCUT2D eigenvalue weighted by atomic mass is 16.6. The molecule has 1 aliphatic heterocycles. The van der Waals surface area contributed by atoms with E-state index in [9.17, 15) is 19.6 Å². The van der Waals surface area contributed by atoms with E-state index in [0.717, 1.165) is 0 Å². The second kappa shape index (κ2) is 11.7. The molecule has 0 spiro atoms. The summed E-state index contributed by atoms with van der Waals surface area (Å²) in [6, 6.07) is 17.2. The summed E-state index contributed by atoms with van der Waals surface area (Å²) in [6.45, 7) is 7.05. The van der Waals surface area contributed by atoms with E-state index in [-0.39, 0.29) is 22.7 Å². The Labute approximate surface area is 227 Å². The van der Waals surface area contributed by atoms with Gasteiger partial charge in [-0.1, -0.05) is 42.5 Å². The molecule has 10 nitrogen and oxygen atoms in total. The molecule has 1 heterocycles. The van der Waals surface area contributed by atoms with Gasteiger partial charge in [0.25, 0.3) is 0 Å². The zero-order valence-corrected chi connectivity index (χ0v) is 22.8. The molecule has 0 aromatic heterocycles. The van der Waals surface area contributed by atoms with Crippen molar-refractivity contribution in [2.75, 3.05) is 19.1 Å².